The summed E-state index contributed by atoms with van der Waals surface area (Å²) in [5.41, 5.74) is 1.07. The smallest absolute Gasteiger partial charge is 0.185 e. The number of carbonyl (C=O) groups excluding carboxylic acids is 1. The van der Waals surface area contributed by atoms with Crippen molar-refractivity contribution < 1.29 is 15.0 Å². The Morgan fingerprint density at radius 3 is 2.28 bits per heavy atom. The molecule has 0 aliphatic carbocycles. The number of aromatic hydroxyl groups is 2. The van der Waals surface area contributed by atoms with E-state index in [1.165, 1.54) is 18.2 Å². The van der Waals surface area contributed by atoms with Crippen molar-refractivity contribution in [2.75, 3.05) is 0 Å². The van der Waals surface area contributed by atoms with Gasteiger partial charge in [0.25, 0.3) is 0 Å². The van der Waals surface area contributed by atoms with E-state index < -0.39 is 0 Å². The first-order valence-corrected chi connectivity index (χ1v) is 5.46. The molecule has 0 bridgehead atoms. The maximum atomic E-state index is 11.8. The quantitative estimate of drug-likeness (QED) is 0.640. The van der Waals surface area contributed by atoms with Crippen molar-refractivity contribution in [2.24, 2.45) is 0 Å². The zero-order valence-electron chi connectivity index (χ0n) is 9.58. The van der Waals surface area contributed by atoms with Crippen LogP contribution in [0.2, 0.25) is 0 Å². The minimum absolute atomic E-state index is 0.122. The first-order valence-electron chi connectivity index (χ1n) is 5.46. The molecule has 2 N–H and O–H groups in total. The Bertz CT molecular complexity index is 583. The SMILES string of the molecule is O=C(C=Cc1ccccc1O)c1ccc(O)cc1. The molecule has 0 unspecified atom stereocenters. The summed E-state index contributed by atoms with van der Waals surface area (Å²) in [6.07, 6.45) is 2.95. The summed E-state index contributed by atoms with van der Waals surface area (Å²) in [5.74, 6) is 0.0711. The van der Waals surface area contributed by atoms with Crippen LogP contribution >= 0.6 is 0 Å². The van der Waals surface area contributed by atoms with Gasteiger partial charge in [-0.25, -0.2) is 0 Å². The third-order valence-electron chi connectivity index (χ3n) is 2.50. The van der Waals surface area contributed by atoms with Crippen molar-refractivity contribution in [3.63, 3.8) is 0 Å². The van der Waals surface area contributed by atoms with E-state index in [2.05, 4.69) is 0 Å². The fourth-order valence-corrected chi connectivity index (χ4v) is 1.52. The van der Waals surface area contributed by atoms with E-state index in [9.17, 15) is 9.90 Å². The minimum Gasteiger partial charge on any atom is -0.508 e. The summed E-state index contributed by atoms with van der Waals surface area (Å²) in [5, 5.41) is 18.7. The molecular formula is C15H12O3. The topological polar surface area (TPSA) is 57.5 Å². The number of ketones is 1. The van der Waals surface area contributed by atoms with Crippen molar-refractivity contribution in [2.45, 2.75) is 0 Å². The molecule has 0 fully saturated rings. The summed E-state index contributed by atoms with van der Waals surface area (Å²) < 4.78 is 0. The monoisotopic (exact) mass is 240 g/mol. The lowest BCUT2D eigenvalue weighted by molar-refractivity contribution is 0.104. The van der Waals surface area contributed by atoms with E-state index in [0.717, 1.165) is 0 Å². The van der Waals surface area contributed by atoms with E-state index in [1.54, 1.807) is 42.5 Å². The number of phenolic OH excluding ortho intramolecular Hbond substituents is 2. The van der Waals surface area contributed by atoms with Crippen LogP contribution in [0.15, 0.2) is 54.6 Å². The number of benzene rings is 2. The van der Waals surface area contributed by atoms with Crippen LogP contribution in [-0.2, 0) is 0 Å². The van der Waals surface area contributed by atoms with E-state index in [-0.39, 0.29) is 17.3 Å². The highest BCUT2D eigenvalue weighted by molar-refractivity contribution is 6.06. The summed E-state index contributed by atoms with van der Waals surface area (Å²) in [7, 11) is 0. The highest BCUT2D eigenvalue weighted by Gasteiger charge is 2.02. The summed E-state index contributed by atoms with van der Waals surface area (Å²) in [6, 6.07) is 12.8. The van der Waals surface area contributed by atoms with Crippen LogP contribution in [0.5, 0.6) is 11.5 Å². The van der Waals surface area contributed by atoms with Gasteiger partial charge in [-0.1, -0.05) is 18.2 Å². The Hall–Kier alpha value is -2.55. The second kappa shape index (κ2) is 5.19. The van der Waals surface area contributed by atoms with Gasteiger partial charge in [0.2, 0.25) is 0 Å². The summed E-state index contributed by atoms with van der Waals surface area (Å²) in [4.78, 5) is 11.8. The molecule has 0 aromatic heterocycles. The normalized spacial score (nSPS) is 10.7. The second-order valence-electron chi connectivity index (χ2n) is 3.80. The predicted molar refractivity (Wildman–Crippen MR) is 69.6 cm³/mol. The fourth-order valence-electron chi connectivity index (χ4n) is 1.52. The molecule has 0 aliphatic heterocycles. The van der Waals surface area contributed by atoms with Crippen LogP contribution in [0.3, 0.4) is 0 Å². The van der Waals surface area contributed by atoms with Gasteiger partial charge in [-0.15, -0.1) is 0 Å². The van der Waals surface area contributed by atoms with E-state index in [0.29, 0.717) is 11.1 Å². The van der Waals surface area contributed by atoms with Crippen LogP contribution in [0.4, 0.5) is 0 Å². The van der Waals surface area contributed by atoms with Gasteiger partial charge in [-0.05, 0) is 42.5 Å². The zero-order valence-corrected chi connectivity index (χ0v) is 9.58. The standard InChI is InChI=1S/C15H12O3/c16-13-8-5-12(6-9-13)15(18)10-7-11-3-1-2-4-14(11)17/h1-10,16-17H. The average Bonchev–Trinajstić information content (AvgIpc) is 2.38. The van der Waals surface area contributed by atoms with E-state index in [4.69, 9.17) is 5.11 Å². The van der Waals surface area contributed by atoms with Crippen molar-refractivity contribution >= 4 is 11.9 Å². The maximum absolute atomic E-state index is 11.8. The third-order valence-corrected chi connectivity index (χ3v) is 2.50. The molecule has 3 nitrogen and oxygen atoms in total. The van der Waals surface area contributed by atoms with Crippen molar-refractivity contribution in [1.82, 2.24) is 0 Å². The van der Waals surface area contributed by atoms with Crippen LogP contribution in [0, 0.1) is 0 Å². The van der Waals surface area contributed by atoms with Crippen molar-refractivity contribution in [3.05, 3.63) is 65.7 Å². The molecule has 2 aromatic carbocycles. The van der Waals surface area contributed by atoms with E-state index >= 15 is 0 Å². The molecule has 0 aliphatic rings. The Kier molecular flexibility index (Phi) is 3.44. The lowest BCUT2D eigenvalue weighted by Gasteiger charge is -1.98. The molecule has 90 valence electrons. The zero-order chi connectivity index (χ0) is 13.0. The Morgan fingerprint density at radius 1 is 0.944 bits per heavy atom. The van der Waals surface area contributed by atoms with Crippen molar-refractivity contribution in [1.29, 1.82) is 0 Å². The van der Waals surface area contributed by atoms with Crippen LogP contribution in [0.1, 0.15) is 15.9 Å². The van der Waals surface area contributed by atoms with Gasteiger partial charge >= 0.3 is 0 Å². The molecule has 3 heteroatoms. The fraction of sp³-hybridized carbons (Fsp3) is 0. The number of hydrogen-bond acceptors (Lipinski definition) is 3. The van der Waals surface area contributed by atoms with E-state index in [1.807, 2.05) is 0 Å². The summed E-state index contributed by atoms with van der Waals surface area (Å²) >= 11 is 0. The van der Waals surface area contributed by atoms with Gasteiger partial charge in [-0.2, -0.15) is 0 Å². The lowest BCUT2D eigenvalue weighted by Crippen LogP contribution is -1.92. The molecule has 0 saturated heterocycles. The number of phenols is 2. The highest BCUT2D eigenvalue weighted by atomic mass is 16.3. The van der Waals surface area contributed by atoms with Crippen LogP contribution in [0.25, 0.3) is 6.08 Å². The number of hydrogen-bond donors (Lipinski definition) is 2. The molecule has 0 amide bonds. The van der Waals surface area contributed by atoms with Gasteiger partial charge in [0.05, 0.1) is 0 Å². The first-order chi connectivity index (χ1) is 8.66. The van der Waals surface area contributed by atoms with Crippen LogP contribution in [-0.4, -0.2) is 16.0 Å². The predicted octanol–water partition coefficient (Wildman–Crippen LogP) is 2.99. The molecular weight excluding hydrogens is 228 g/mol. The molecule has 0 spiro atoms. The Morgan fingerprint density at radius 2 is 1.61 bits per heavy atom. The molecule has 0 heterocycles. The molecule has 18 heavy (non-hydrogen) atoms. The Balaban J connectivity index is 2.17. The third kappa shape index (κ3) is 2.77. The van der Waals surface area contributed by atoms with Gasteiger partial charge in [-0.3, -0.25) is 4.79 Å². The lowest BCUT2D eigenvalue weighted by atomic mass is 10.1. The van der Waals surface area contributed by atoms with Gasteiger partial charge < -0.3 is 10.2 Å². The van der Waals surface area contributed by atoms with Gasteiger partial charge in [0.1, 0.15) is 11.5 Å². The molecule has 0 saturated carbocycles. The molecule has 0 radical (unpaired) electrons. The number of allylic oxidation sites excluding steroid dienone is 1. The molecule has 2 rings (SSSR count). The average molecular weight is 240 g/mol. The number of carbonyl (C=O) groups is 1. The highest BCUT2D eigenvalue weighted by Crippen LogP contribution is 2.17. The number of para-hydroxylation sites is 1. The second-order valence-corrected chi connectivity index (χ2v) is 3.80. The molecule has 2 aromatic rings. The van der Waals surface area contributed by atoms with Crippen molar-refractivity contribution in [3.8, 4) is 11.5 Å². The van der Waals surface area contributed by atoms with Gasteiger partial charge in [0.15, 0.2) is 5.78 Å². The maximum Gasteiger partial charge on any atom is 0.185 e. The summed E-state index contributed by atoms with van der Waals surface area (Å²) in [6.45, 7) is 0. The number of rotatable bonds is 3. The Labute approximate surface area is 105 Å². The minimum atomic E-state index is -0.182. The van der Waals surface area contributed by atoms with Gasteiger partial charge in [0, 0.05) is 11.1 Å². The largest absolute Gasteiger partial charge is 0.508 e. The van der Waals surface area contributed by atoms with Crippen LogP contribution < -0.4 is 0 Å². The first kappa shape index (κ1) is 11.9. The molecule has 0 atom stereocenters.